The average molecular weight is 339 g/mol. The summed E-state index contributed by atoms with van der Waals surface area (Å²) in [5, 5.41) is 0. The van der Waals surface area contributed by atoms with E-state index in [2.05, 4.69) is 13.0 Å². The standard InChI is InChI=1S/C21H25NO3/c1-14-3-9-19(15(2)11-14)24-13-18-8-10-20(25-18)21(23)22(17-6-7-17)12-16-4-5-16/h3,8-11,16-17H,4-7,12-13H2,1-2H3. The number of benzene rings is 1. The molecule has 1 amide bonds. The van der Waals surface area contributed by atoms with Crippen molar-refractivity contribution in [2.45, 2.75) is 52.2 Å². The number of rotatable bonds is 7. The van der Waals surface area contributed by atoms with E-state index in [1.54, 1.807) is 6.07 Å². The molecule has 0 radical (unpaired) electrons. The molecule has 1 aromatic carbocycles. The largest absolute Gasteiger partial charge is 0.485 e. The van der Waals surface area contributed by atoms with Gasteiger partial charge in [0.15, 0.2) is 5.76 Å². The first-order chi connectivity index (χ1) is 12.1. The number of aryl methyl sites for hydroxylation is 2. The Kier molecular flexibility index (Phi) is 4.28. The Bertz CT molecular complexity index is 771. The maximum absolute atomic E-state index is 12.8. The van der Waals surface area contributed by atoms with Gasteiger partial charge in [-0.25, -0.2) is 0 Å². The van der Waals surface area contributed by atoms with E-state index in [-0.39, 0.29) is 5.91 Å². The molecule has 0 aliphatic heterocycles. The van der Waals surface area contributed by atoms with Crippen molar-refractivity contribution >= 4 is 5.91 Å². The van der Waals surface area contributed by atoms with Gasteiger partial charge in [0, 0.05) is 12.6 Å². The second-order valence-electron chi connectivity index (χ2n) is 7.46. The molecular formula is C21H25NO3. The minimum atomic E-state index is 0.0344. The first-order valence-corrected chi connectivity index (χ1v) is 9.20. The topological polar surface area (TPSA) is 42.7 Å². The molecule has 2 aliphatic carbocycles. The van der Waals surface area contributed by atoms with Gasteiger partial charge in [0.05, 0.1) is 0 Å². The van der Waals surface area contributed by atoms with Crippen molar-refractivity contribution in [2.24, 2.45) is 5.92 Å². The lowest BCUT2D eigenvalue weighted by Crippen LogP contribution is -2.34. The molecule has 2 aliphatic rings. The minimum Gasteiger partial charge on any atom is -0.485 e. The SMILES string of the molecule is Cc1ccc(OCc2ccc(C(=O)N(CC3CC3)C3CC3)o2)c(C)c1. The van der Waals surface area contributed by atoms with E-state index in [4.69, 9.17) is 9.15 Å². The number of carbonyl (C=O) groups is 1. The highest BCUT2D eigenvalue weighted by Gasteiger charge is 2.37. The van der Waals surface area contributed by atoms with Crippen LogP contribution < -0.4 is 4.74 Å². The highest BCUT2D eigenvalue weighted by Crippen LogP contribution is 2.35. The Morgan fingerprint density at radius 2 is 1.96 bits per heavy atom. The fourth-order valence-electron chi connectivity index (χ4n) is 3.18. The van der Waals surface area contributed by atoms with Crippen LogP contribution in [0, 0.1) is 19.8 Å². The third-order valence-electron chi connectivity index (χ3n) is 4.97. The van der Waals surface area contributed by atoms with Gasteiger partial charge in [-0.05, 0) is 69.2 Å². The average Bonchev–Trinajstić information content (AvgIpc) is 3.50. The van der Waals surface area contributed by atoms with E-state index < -0.39 is 0 Å². The summed E-state index contributed by atoms with van der Waals surface area (Å²) in [6.45, 7) is 5.32. The molecule has 2 aromatic rings. The van der Waals surface area contributed by atoms with Crippen LogP contribution in [0.4, 0.5) is 0 Å². The Morgan fingerprint density at radius 3 is 2.64 bits per heavy atom. The quantitative estimate of drug-likeness (QED) is 0.746. The van der Waals surface area contributed by atoms with Gasteiger partial charge in [0.1, 0.15) is 18.1 Å². The predicted octanol–water partition coefficient (Wildman–Crippen LogP) is 4.49. The van der Waals surface area contributed by atoms with Crippen molar-refractivity contribution in [3.63, 3.8) is 0 Å². The number of hydrogen-bond acceptors (Lipinski definition) is 3. The zero-order valence-corrected chi connectivity index (χ0v) is 15.0. The normalized spacial score (nSPS) is 16.7. The highest BCUT2D eigenvalue weighted by atomic mass is 16.5. The zero-order chi connectivity index (χ0) is 17.4. The lowest BCUT2D eigenvalue weighted by Gasteiger charge is -2.20. The molecule has 2 fully saturated rings. The Labute approximate surface area is 148 Å². The molecule has 0 atom stereocenters. The van der Waals surface area contributed by atoms with Crippen molar-refractivity contribution in [1.82, 2.24) is 4.90 Å². The van der Waals surface area contributed by atoms with E-state index in [0.29, 0.717) is 30.1 Å². The number of hydrogen-bond donors (Lipinski definition) is 0. The van der Waals surface area contributed by atoms with Crippen LogP contribution >= 0.6 is 0 Å². The molecule has 25 heavy (non-hydrogen) atoms. The second-order valence-corrected chi connectivity index (χ2v) is 7.46. The molecule has 4 nitrogen and oxygen atoms in total. The maximum Gasteiger partial charge on any atom is 0.289 e. The summed E-state index contributed by atoms with van der Waals surface area (Å²) in [6, 6.07) is 10.2. The van der Waals surface area contributed by atoms with Crippen LogP contribution in [0.25, 0.3) is 0 Å². The van der Waals surface area contributed by atoms with Gasteiger partial charge in [0.2, 0.25) is 0 Å². The third-order valence-corrected chi connectivity index (χ3v) is 4.97. The monoisotopic (exact) mass is 339 g/mol. The van der Waals surface area contributed by atoms with E-state index in [1.165, 1.54) is 18.4 Å². The van der Waals surface area contributed by atoms with Gasteiger partial charge in [-0.2, -0.15) is 0 Å². The third kappa shape index (κ3) is 3.89. The zero-order valence-electron chi connectivity index (χ0n) is 15.0. The Hall–Kier alpha value is -2.23. The molecule has 0 saturated heterocycles. The van der Waals surface area contributed by atoms with Crippen LogP contribution in [0.5, 0.6) is 5.75 Å². The number of amides is 1. The summed E-state index contributed by atoms with van der Waals surface area (Å²) < 4.78 is 11.6. The summed E-state index contributed by atoms with van der Waals surface area (Å²) in [5.74, 6) is 2.71. The smallest absolute Gasteiger partial charge is 0.289 e. The van der Waals surface area contributed by atoms with Crippen LogP contribution in [0.1, 0.15) is 53.1 Å². The van der Waals surface area contributed by atoms with Gasteiger partial charge in [-0.1, -0.05) is 17.7 Å². The van der Waals surface area contributed by atoms with Gasteiger partial charge in [-0.15, -0.1) is 0 Å². The van der Waals surface area contributed by atoms with Gasteiger partial charge < -0.3 is 14.1 Å². The second kappa shape index (κ2) is 6.58. The van der Waals surface area contributed by atoms with Crippen molar-refractivity contribution in [3.8, 4) is 5.75 Å². The summed E-state index contributed by atoms with van der Waals surface area (Å²) >= 11 is 0. The van der Waals surface area contributed by atoms with Crippen molar-refractivity contribution in [1.29, 1.82) is 0 Å². The lowest BCUT2D eigenvalue weighted by molar-refractivity contribution is 0.0698. The van der Waals surface area contributed by atoms with Crippen molar-refractivity contribution < 1.29 is 13.9 Å². The molecule has 0 N–H and O–H groups in total. The summed E-state index contributed by atoms with van der Waals surface area (Å²) in [4.78, 5) is 14.8. The molecule has 1 heterocycles. The molecule has 0 spiro atoms. The molecule has 4 heteroatoms. The van der Waals surface area contributed by atoms with E-state index in [0.717, 1.165) is 30.7 Å². The first kappa shape index (κ1) is 16.2. The summed E-state index contributed by atoms with van der Waals surface area (Å²) in [6.07, 6.45) is 4.76. The summed E-state index contributed by atoms with van der Waals surface area (Å²) in [7, 11) is 0. The molecule has 2 saturated carbocycles. The van der Waals surface area contributed by atoms with Crippen LogP contribution in [-0.4, -0.2) is 23.4 Å². The lowest BCUT2D eigenvalue weighted by atomic mass is 10.1. The number of carbonyl (C=O) groups excluding carboxylic acids is 1. The van der Waals surface area contributed by atoms with Crippen LogP contribution in [0.2, 0.25) is 0 Å². The minimum absolute atomic E-state index is 0.0344. The first-order valence-electron chi connectivity index (χ1n) is 9.20. The van der Waals surface area contributed by atoms with Crippen LogP contribution in [-0.2, 0) is 6.61 Å². The van der Waals surface area contributed by atoms with E-state index in [9.17, 15) is 4.79 Å². The fraction of sp³-hybridized carbons (Fsp3) is 0.476. The van der Waals surface area contributed by atoms with Gasteiger partial charge >= 0.3 is 0 Å². The van der Waals surface area contributed by atoms with Crippen LogP contribution in [0.15, 0.2) is 34.7 Å². The van der Waals surface area contributed by atoms with E-state index >= 15 is 0 Å². The van der Waals surface area contributed by atoms with Crippen molar-refractivity contribution in [2.75, 3.05) is 6.54 Å². The van der Waals surface area contributed by atoms with Gasteiger partial charge in [0.25, 0.3) is 5.91 Å². The molecule has 132 valence electrons. The highest BCUT2D eigenvalue weighted by molar-refractivity contribution is 5.92. The summed E-state index contributed by atoms with van der Waals surface area (Å²) in [5.41, 5.74) is 2.32. The molecule has 0 bridgehead atoms. The number of nitrogens with zero attached hydrogens (tertiary/aromatic N) is 1. The maximum atomic E-state index is 12.8. The fourth-order valence-corrected chi connectivity index (χ4v) is 3.18. The molecule has 0 unspecified atom stereocenters. The molecule has 1 aromatic heterocycles. The van der Waals surface area contributed by atoms with Crippen molar-refractivity contribution in [3.05, 3.63) is 53.0 Å². The van der Waals surface area contributed by atoms with E-state index in [1.807, 2.05) is 30.0 Å². The Balaban J connectivity index is 1.39. The van der Waals surface area contributed by atoms with Gasteiger partial charge in [-0.3, -0.25) is 4.79 Å². The molecular weight excluding hydrogens is 314 g/mol. The number of ether oxygens (including phenoxy) is 1. The Morgan fingerprint density at radius 1 is 1.16 bits per heavy atom. The molecule has 4 rings (SSSR count). The number of furan rings is 1. The predicted molar refractivity (Wildman–Crippen MR) is 95.7 cm³/mol. The van der Waals surface area contributed by atoms with Crippen LogP contribution in [0.3, 0.4) is 0 Å².